The highest BCUT2D eigenvalue weighted by Gasteiger charge is 2.15. The molecule has 0 fully saturated rings. The summed E-state index contributed by atoms with van der Waals surface area (Å²) in [5, 5.41) is 0.927. The highest BCUT2D eigenvalue weighted by molar-refractivity contribution is 8.01. The quantitative estimate of drug-likeness (QED) is 0.849. The lowest BCUT2D eigenvalue weighted by Crippen LogP contribution is -2.14. The van der Waals surface area contributed by atoms with Crippen molar-refractivity contribution in [3.05, 3.63) is 29.3 Å². The minimum absolute atomic E-state index is 0.142. The first-order valence-electron chi connectivity index (χ1n) is 5.94. The molecule has 0 saturated carbocycles. The summed E-state index contributed by atoms with van der Waals surface area (Å²) in [6.45, 7) is 6.38. The maximum absolute atomic E-state index is 11.9. The van der Waals surface area contributed by atoms with Crippen LogP contribution in [0.1, 0.15) is 25.8 Å². The van der Waals surface area contributed by atoms with Crippen LogP contribution in [0.25, 0.3) is 10.2 Å². The summed E-state index contributed by atoms with van der Waals surface area (Å²) >= 11 is 3.31. The number of carbonyl (C=O) groups is 1. The molecule has 0 saturated heterocycles. The van der Waals surface area contributed by atoms with Crippen LogP contribution >= 0.6 is 23.1 Å². The zero-order valence-corrected chi connectivity index (χ0v) is 12.5. The molecule has 0 spiro atoms. The third-order valence-corrected chi connectivity index (χ3v) is 4.72. The fourth-order valence-electron chi connectivity index (χ4n) is 1.51. The third-order valence-electron chi connectivity index (χ3n) is 2.35. The highest BCUT2D eigenvalue weighted by atomic mass is 32.2. The van der Waals surface area contributed by atoms with Gasteiger partial charge in [0, 0.05) is 4.75 Å². The number of Topliss-reactive ketones (excluding diaryl/α,β-unsaturated/α-hetero) is 1. The molecule has 0 unspecified atom stereocenters. The molecular weight excluding hydrogens is 262 g/mol. The minimum Gasteiger partial charge on any atom is -0.298 e. The summed E-state index contributed by atoms with van der Waals surface area (Å²) in [7, 11) is 0. The van der Waals surface area contributed by atoms with Gasteiger partial charge in [0.25, 0.3) is 0 Å². The maximum Gasteiger partial charge on any atom is 0.149 e. The predicted octanol–water partition coefficient (Wildman–Crippen LogP) is 3.94. The zero-order chi connectivity index (χ0) is 13.2. The number of benzene rings is 1. The van der Waals surface area contributed by atoms with E-state index in [0.29, 0.717) is 12.2 Å². The Kier molecular flexibility index (Phi) is 4.07. The van der Waals surface area contributed by atoms with Gasteiger partial charge in [0.15, 0.2) is 0 Å². The van der Waals surface area contributed by atoms with Crippen LogP contribution in [0.15, 0.2) is 24.3 Å². The number of thioether (sulfide) groups is 1. The van der Waals surface area contributed by atoms with Gasteiger partial charge in [-0.1, -0.05) is 32.9 Å². The van der Waals surface area contributed by atoms with Crippen LogP contribution in [0, 0.1) is 0 Å². The molecule has 2 rings (SSSR count). The molecule has 96 valence electrons. The number of carbonyl (C=O) groups excluding carboxylic acids is 1. The monoisotopic (exact) mass is 279 g/mol. The van der Waals surface area contributed by atoms with E-state index in [1.807, 2.05) is 24.3 Å². The second kappa shape index (κ2) is 5.41. The fraction of sp³-hybridized carbons (Fsp3) is 0.429. The second-order valence-corrected chi connectivity index (χ2v) is 8.11. The molecule has 1 heterocycles. The largest absolute Gasteiger partial charge is 0.298 e. The van der Waals surface area contributed by atoms with Crippen molar-refractivity contribution in [2.24, 2.45) is 0 Å². The van der Waals surface area contributed by atoms with Gasteiger partial charge in [0.1, 0.15) is 10.8 Å². The lowest BCUT2D eigenvalue weighted by Gasteiger charge is -2.16. The molecule has 0 amide bonds. The fourth-order valence-corrected chi connectivity index (χ4v) is 3.20. The molecule has 0 aliphatic rings. The van der Waals surface area contributed by atoms with Crippen molar-refractivity contribution in [2.45, 2.75) is 31.9 Å². The highest BCUT2D eigenvalue weighted by Crippen LogP contribution is 2.25. The Morgan fingerprint density at radius 2 is 2.06 bits per heavy atom. The first kappa shape index (κ1) is 13.6. The molecular formula is C14H17NOS2. The van der Waals surface area contributed by atoms with Gasteiger partial charge in [0.2, 0.25) is 0 Å². The van der Waals surface area contributed by atoms with Gasteiger partial charge < -0.3 is 0 Å². The van der Waals surface area contributed by atoms with Crippen LogP contribution in [0.2, 0.25) is 0 Å². The summed E-state index contributed by atoms with van der Waals surface area (Å²) in [5.74, 6) is 0.827. The first-order valence-corrected chi connectivity index (χ1v) is 7.74. The van der Waals surface area contributed by atoms with E-state index < -0.39 is 0 Å². The lowest BCUT2D eigenvalue weighted by atomic mass is 10.3. The second-order valence-electron chi connectivity index (χ2n) is 5.19. The number of thiazole rings is 1. The van der Waals surface area contributed by atoms with Crippen molar-refractivity contribution >= 4 is 39.1 Å². The van der Waals surface area contributed by atoms with Gasteiger partial charge in [0.05, 0.1) is 22.4 Å². The van der Waals surface area contributed by atoms with Crippen LogP contribution in [-0.2, 0) is 11.2 Å². The van der Waals surface area contributed by atoms with Crippen molar-refractivity contribution in [1.29, 1.82) is 0 Å². The van der Waals surface area contributed by atoms with Gasteiger partial charge in [-0.15, -0.1) is 23.1 Å². The molecule has 0 radical (unpaired) electrons. The Balaban J connectivity index is 1.99. The SMILES string of the molecule is CC(C)(C)SCC(=O)Cc1nc2ccccc2s1. The summed E-state index contributed by atoms with van der Waals surface area (Å²) in [6, 6.07) is 8.01. The van der Waals surface area contributed by atoms with Gasteiger partial charge in [-0.05, 0) is 12.1 Å². The van der Waals surface area contributed by atoms with Crippen molar-refractivity contribution in [2.75, 3.05) is 5.75 Å². The van der Waals surface area contributed by atoms with Crippen LogP contribution in [-0.4, -0.2) is 21.3 Å². The topological polar surface area (TPSA) is 30.0 Å². The molecule has 2 nitrogen and oxygen atoms in total. The molecule has 2 aromatic rings. The molecule has 0 aliphatic carbocycles. The zero-order valence-electron chi connectivity index (χ0n) is 10.9. The van der Waals surface area contributed by atoms with Gasteiger partial charge >= 0.3 is 0 Å². The van der Waals surface area contributed by atoms with E-state index in [4.69, 9.17) is 0 Å². The van der Waals surface area contributed by atoms with Crippen LogP contribution in [0.5, 0.6) is 0 Å². The Labute approximate surface area is 116 Å². The Hall–Kier alpha value is -0.870. The van der Waals surface area contributed by atoms with Crippen molar-refractivity contribution in [3.63, 3.8) is 0 Å². The smallest absolute Gasteiger partial charge is 0.149 e. The minimum atomic E-state index is 0.142. The standard InChI is InChI=1S/C14H17NOS2/c1-14(2,3)17-9-10(16)8-13-15-11-6-4-5-7-12(11)18-13/h4-7H,8-9H2,1-3H3. The van der Waals surface area contributed by atoms with Gasteiger partial charge in [-0.25, -0.2) is 4.98 Å². The van der Waals surface area contributed by atoms with E-state index >= 15 is 0 Å². The number of nitrogens with zero attached hydrogens (tertiary/aromatic N) is 1. The number of fused-ring (bicyclic) bond motifs is 1. The molecule has 4 heteroatoms. The van der Waals surface area contributed by atoms with Crippen LogP contribution < -0.4 is 0 Å². The number of hydrogen-bond donors (Lipinski definition) is 0. The summed E-state index contributed by atoms with van der Waals surface area (Å²) in [4.78, 5) is 16.4. The average molecular weight is 279 g/mol. The first-order chi connectivity index (χ1) is 8.44. The average Bonchev–Trinajstić information content (AvgIpc) is 2.67. The maximum atomic E-state index is 11.9. The predicted molar refractivity (Wildman–Crippen MR) is 80.5 cm³/mol. The molecule has 1 aromatic heterocycles. The van der Waals surface area contributed by atoms with Crippen molar-refractivity contribution in [3.8, 4) is 0 Å². The Morgan fingerprint density at radius 3 is 2.72 bits per heavy atom. The number of aromatic nitrogens is 1. The molecule has 0 N–H and O–H groups in total. The molecule has 0 atom stereocenters. The van der Waals surface area contributed by atoms with E-state index in [1.165, 1.54) is 0 Å². The van der Waals surface area contributed by atoms with Gasteiger partial charge in [-0.3, -0.25) is 4.79 Å². The lowest BCUT2D eigenvalue weighted by molar-refractivity contribution is -0.116. The van der Waals surface area contributed by atoms with Crippen LogP contribution in [0.3, 0.4) is 0 Å². The molecule has 18 heavy (non-hydrogen) atoms. The van der Waals surface area contributed by atoms with E-state index in [-0.39, 0.29) is 10.5 Å². The Bertz CT molecular complexity index is 521. The molecule has 1 aromatic carbocycles. The van der Waals surface area contributed by atoms with E-state index in [0.717, 1.165) is 15.2 Å². The number of hydrogen-bond acceptors (Lipinski definition) is 4. The number of rotatable bonds is 4. The van der Waals surface area contributed by atoms with E-state index in [2.05, 4.69) is 25.8 Å². The Morgan fingerprint density at radius 1 is 1.33 bits per heavy atom. The van der Waals surface area contributed by atoms with Crippen molar-refractivity contribution in [1.82, 2.24) is 4.98 Å². The normalized spacial score (nSPS) is 11.9. The number of para-hydroxylation sites is 1. The molecule has 0 bridgehead atoms. The van der Waals surface area contributed by atoms with E-state index in [9.17, 15) is 4.79 Å². The van der Waals surface area contributed by atoms with Crippen molar-refractivity contribution < 1.29 is 4.79 Å². The van der Waals surface area contributed by atoms with Gasteiger partial charge in [-0.2, -0.15) is 0 Å². The number of ketones is 1. The summed E-state index contributed by atoms with van der Waals surface area (Å²) in [5.41, 5.74) is 0.994. The summed E-state index contributed by atoms with van der Waals surface area (Å²) < 4.78 is 1.30. The van der Waals surface area contributed by atoms with Crippen LogP contribution in [0.4, 0.5) is 0 Å². The molecule has 0 aliphatic heterocycles. The third kappa shape index (κ3) is 3.82. The summed E-state index contributed by atoms with van der Waals surface area (Å²) in [6.07, 6.45) is 0.461. The van der Waals surface area contributed by atoms with E-state index in [1.54, 1.807) is 23.1 Å².